The maximum absolute atomic E-state index is 11.4. The molecule has 0 saturated heterocycles. The highest BCUT2D eigenvalue weighted by Crippen LogP contribution is 2.00. The number of aliphatic hydroxyl groups excluding tert-OH is 1. The average Bonchev–Trinajstić information content (AvgIpc) is 2.32. The molecule has 100 valence electrons. The van der Waals surface area contributed by atoms with E-state index < -0.39 is 17.9 Å². The SMILES string of the molecule is CCOC(=O)C(N)C(=O)NCCSCCCO. The third-order valence-corrected chi connectivity index (χ3v) is 2.89. The van der Waals surface area contributed by atoms with Crippen molar-refractivity contribution in [2.75, 3.05) is 31.3 Å². The number of esters is 1. The van der Waals surface area contributed by atoms with Gasteiger partial charge in [0.1, 0.15) is 0 Å². The van der Waals surface area contributed by atoms with Gasteiger partial charge in [0, 0.05) is 18.9 Å². The number of aliphatic hydroxyl groups is 1. The van der Waals surface area contributed by atoms with Crippen molar-refractivity contribution in [3.63, 3.8) is 0 Å². The minimum Gasteiger partial charge on any atom is -0.464 e. The number of carbonyl (C=O) groups excluding carboxylic acids is 2. The van der Waals surface area contributed by atoms with Crippen molar-refractivity contribution in [3.05, 3.63) is 0 Å². The van der Waals surface area contributed by atoms with E-state index >= 15 is 0 Å². The summed E-state index contributed by atoms with van der Waals surface area (Å²) in [5.41, 5.74) is 5.38. The highest BCUT2D eigenvalue weighted by molar-refractivity contribution is 7.99. The van der Waals surface area contributed by atoms with Crippen LogP contribution < -0.4 is 11.1 Å². The Labute approximate surface area is 105 Å². The zero-order chi connectivity index (χ0) is 13.1. The maximum Gasteiger partial charge on any atom is 0.332 e. The Bertz CT molecular complexity index is 238. The summed E-state index contributed by atoms with van der Waals surface area (Å²) >= 11 is 1.62. The number of hydrogen-bond donors (Lipinski definition) is 3. The van der Waals surface area contributed by atoms with Crippen molar-refractivity contribution in [3.8, 4) is 0 Å². The van der Waals surface area contributed by atoms with E-state index in [0.29, 0.717) is 6.54 Å². The Balaban J connectivity index is 3.60. The Morgan fingerprint density at radius 3 is 2.76 bits per heavy atom. The van der Waals surface area contributed by atoms with Gasteiger partial charge in [0.25, 0.3) is 0 Å². The number of ether oxygens (including phenoxy) is 1. The van der Waals surface area contributed by atoms with Crippen LogP contribution in [0.3, 0.4) is 0 Å². The topological polar surface area (TPSA) is 102 Å². The normalized spacial score (nSPS) is 11.9. The fourth-order valence-corrected chi connectivity index (χ4v) is 1.75. The highest BCUT2D eigenvalue weighted by Gasteiger charge is 2.22. The molecule has 0 aliphatic heterocycles. The molecule has 0 aromatic carbocycles. The van der Waals surface area contributed by atoms with Crippen LogP contribution in [0.1, 0.15) is 13.3 Å². The molecule has 0 aromatic rings. The van der Waals surface area contributed by atoms with Crippen molar-refractivity contribution < 1.29 is 19.4 Å². The molecular weight excluding hydrogens is 244 g/mol. The molecule has 0 radical (unpaired) electrons. The molecular formula is C10H20N2O4S. The van der Waals surface area contributed by atoms with E-state index in [0.717, 1.165) is 17.9 Å². The predicted molar refractivity (Wildman–Crippen MR) is 66.6 cm³/mol. The Morgan fingerprint density at radius 2 is 2.18 bits per heavy atom. The molecule has 0 saturated carbocycles. The van der Waals surface area contributed by atoms with Gasteiger partial charge in [-0.05, 0) is 19.1 Å². The number of rotatable bonds is 9. The molecule has 1 atom stereocenters. The smallest absolute Gasteiger partial charge is 0.332 e. The fraction of sp³-hybridized carbons (Fsp3) is 0.800. The van der Waals surface area contributed by atoms with Gasteiger partial charge < -0.3 is 20.9 Å². The number of nitrogens with two attached hydrogens (primary N) is 1. The quantitative estimate of drug-likeness (QED) is 0.284. The van der Waals surface area contributed by atoms with Gasteiger partial charge in [0.15, 0.2) is 6.04 Å². The second-order valence-electron chi connectivity index (χ2n) is 3.21. The molecule has 0 heterocycles. The summed E-state index contributed by atoms with van der Waals surface area (Å²) in [5, 5.41) is 11.1. The van der Waals surface area contributed by atoms with Crippen molar-refractivity contribution >= 4 is 23.6 Å². The number of carbonyl (C=O) groups is 2. The highest BCUT2D eigenvalue weighted by atomic mass is 32.2. The number of hydrogen-bond acceptors (Lipinski definition) is 6. The van der Waals surface area contributed by atoms with E-state index in [-0.39, 0.29) is 13.2 Å². The van der Waals surface area contributed by atoms with E-state index in [1.165, 1.54) is 0 Å². The van der Waals surface area contributed by atoms with Gasteiger partial charge in [-0.1, -0.05) is 0 Å². The minimum atomic E-state index is -1.25. The third kappa shape index (κ3) is 8.00. The largest absolute Gasteiger partial charge is 0.464 e. The zero-order valence-electron chi connectivity index (χ0n) is 9.98. The molecule has 4 N–H and O–H groups in total. The molecule has 1 unspecified atom stereocenters. The van der Waals surface area contributed by atoms with Gasteiger partial charge in [-0.15, -0.1) is 0 Å². The average molecular weight is 264 g/mol. The Morgan fingerprint density at radius 1 is 1.47 bits per heavy atom. The monoisotopic (exact) mass is 264 g/mol. The lowest BCUT2D eigenvalue weighted by atomic mass is 10.3. The van der Waals surface area contributed by atoms with Crippen molar-refractivity contribution in [2.24, 2.45) is 5.73 Å². The molecule has 0 bridgehead atoms. The van der Waals surface area contributed by atoms with Gasteiger partial charge in [-0.2, -0.15) is 11.8 Å². The summed E-state index contributed by atoms with van der Waals surface area (Å²) in [5.74, 6) is 0.335. The molecule has 0 aliphatic rings. The first-order chi connectivity index (χ1) is 8.13. The number of nitrogens with one attached hydrogen (secondary N) is 1. The van der Waals surface area contributed by atoms with Gasteiger partial charge in [-0.3, -0.25) is 4.79 Å². The molecule has 0 spiro atoms. The Hall–Kier alpha value is -0.790. The molecule has 0 rings (SSSR count). The van der Waals surface area contributed by atoms with Gasteiger partial charge in [0.05, 0.1) is 6.61 Å². The van der Waals surface area contributed by atoms with Crippen LogP contribution in [0.5, 0.6) is 0 Å². The summed E-state index contributed by atoms with van der Waals surface area (Å²) < 4.78 is 4.63. The van der Waals surface area contributed by atoms with Crippen LogP contribution >= 0.6 is 11.8 Å². The molecule has 0 aromatic heterocycles. The van der Waals surface area contributed by atoms with Crippen LogP contribution in [0.4, 0.5) is 0 Å². The lowest BCUT2D eigenvalue weighted by Gasteiger charge is -2.10. The van der Waals surface area contributed by atoms with E-state index in [2.05, 4.69) is 10.1 Å². The summed E-state index contributed by atoms with van der Waals surface area (Å²) in [6.07, 6.45) is 0.737. The van der Waals surface area contributed by atoms with E-state index in [1.54, 1.807) is 18.7 Å². The van der Waals surface area contributed by atoms with Gasteiger partial charge in [0.2, 0.25) is 5.91 Å². The number of thioether (sulfide) groups is 1. The predicted octanol–water partition coefficient (Wildman–Crippen LogP) is -0.891. The second-order valence-corrected chi connectivity index (χ2v) is 4.44. The minimum absolute atomic E-state index is 0.174. The molecule has 0 fully saturated rings. The number of amides is 1. The first-order valence-electron chi connectivity index (χ1n) is 5.52. The standard InChI is InChI=1S/C10H20N2O4S/c1-2-16-10(15)8(11)9(14)12-4-7-17-6-3-5-13/h8,13H,2-7,11H2,1H3,(H,12,14). The van der Waals surface area contributed by atoms with Crippen molar-refractivity contribution in [1.29, 1.82) is 0 Å². The lowest BCUT2D eigenvalue weighted by molar-refractivity contribution is -0.147. The molecule has 6 nitrogen and oxygen atoms in total. The van der Waals surface area contributed by atoms with Crippen molar-refractivity contribution in [1.82, 2.24) is 5.32 Å². The third-order valence-electron chi connectivity index (χ3n) is 1.82. The molecule has 0 aliphatic carbocycles. The summed E-state index contributed by atoms with van der Waals surface area (Å²) in [6, 6.07) is -1.25. The molecule has 17 heavy (non-hydrogen) atoms. The first-order valence-corrected chi connectivity index (χ1v) is 6.67. The summed E-state index contributed by atoms with van der Waals surface area (Å²) in [6.45, 7) is 2.48. The van der Waals surface area contributed by atoms with E-state index in [1.807, 2.05) is 0 Å². The van der Waals surface area contributed by atoms with Crippen LogP contribution in [0.25, 0.3) is 0 Å². The van der Waals surface area contributed by atoms with Crippen LogP contribution in [-0.2, 0) is 14.3 Å². The summed E-state index contributed by atoms with van der Waals surface area (Å²) in [7, 11) is 0. The van der Waals surface area contributed by atoms with Crippen molar-refractivity contribution in [2.45, 2.75) is 19.4 Å². The lowest BCUT2D eigenvalue weighted by Crippen LogP contribution is -2.47. The van der Waals surface area contributed by atoms with Gasteiger partial charge in [-0.25, -0.2) is 4.79 Å². The first kappa shape index (κ1) is 16.2. The van der Waals surface area contributed by atoms with Crippen LogP contribution in [0.2, 0.25) is 0 Å². The zero-order valence-corrected chi connectivity index (χ0v) is 10.8. The Kier molecular flexibility index (Phi) is 9.89. The van der Waals surface area contributed by atoms with Gasteiger partial charge >= 0.3 is 5.97 Å². The van der Waals surface area contributed by atoms with Crippen LogP contribution in [-0.4, -0.2) is 54.3 Å². The maximum atomic E-state index is 11.4. The van der Waals surface area contributed by atoms with E-state index in [4.69, 9.17) is 10.8 Å². The van der Waals surface area contributed by atoms with Crippen LogP contribution in [0.15, 0.2) is 0 Å². The summed E-state index contributed by atoms with van der Waals surface area (Å²) in [4.78, 5) is 22.5. The van der Waals surface area contributed by atoms with Crippen LogP contribution in [0, 0.1) is 0 Å². The molecule has 7 heteroatoms. The second kappa shape index (κ2) is 10.4. The van der Waals surface area contributed by atoms with E-state index in [9.17, 15) is 9.59 Å². The fourth-order valence-electron chi connectivity index (χ4n) is 0.964. The molecule has 1 amide bonds.